The summed E-state index contributed by atoms with van der Waals surface area (Å²) >= 11 is 0. The van der Waals surface area contributed by atoms with E-state index in [9.17, 15) is 8.42 Å². The van der Waals surface area contributed by atoms with Gasteiger partial charge in [0, 0.05) is 6.04 Å². The quantitative estimate of drug-likeness (QED) is 0.886. The Morgan fingerprint density at radius 3 is 2.53 bits per heavy atom. The normalized spacial score (nSPS) is 21.8. The fourth-order valence-corrected chi connectivity index (χ4v) is 3.28. The van der Waals surface area contributed by atoms with Gasteiger partial charge in [-0.1, -0.05) is 26.0 Å². The molecule has 1 fully saturated rings. The molecule has 1 unspecified atom stereocenters. The highest BCUT2D eigenvalue weighted by molar-refractivity contribution is 7.89. The van der Waals surface area contributed by atoms with Crippen LogP contribution in [0.25, 0.3) is 0 Å². The number of nitriles is 1. The van der Waals surface area contributed by atoms with Crippen LogP contribution in [0.15, 0.2) is 29.2 Å². The van der Waals surface area contributed by atoms with Crippen molar-refractivity contribution in [3.8, 4) is 6.07 Å². The van der Waals surface area contributed by atoms with E-state index in [1.54, 1.807) is 12.1 Å². The molecule has 1 aliphatic rings. The number of nitrogens with one attached hydrogen (secondary N) is 1. The van der Waals surface area contributed by atoms with Crippen molar-refractivity contribution in [3.05, 3.63) is 29.8 Å². The molecule has 0 bridgehead atoms. The first-order valence-electron chi connectivity index (χ1n) is 5.38. The summed E-state index contributed by atoms with van der Waals surface area (Å²) in [4.78, 5) is 0.0604. The molecule has 1 saturated carbocycles. The van der Waals surface area contributed by atoms with Crippen LogP contribution in [0.2, 0.25) is 0 Å². The van der Waals surface area contributed by atoms with Crippen molar-refractivity contribution in [2.24, 2.45) is 5.41 Å². The largest absolute Gasteiger partial charge is 0.242 e. The lowest BCUT2D eigenvalue weighted by molar-refractivity contribution is 0.555. The number of hydrogen-bond donors (Lipinski definition) is 1. The Kier molecular flexibility index (Phi) is 2.72. The highest BCUT2D eigenvalue weighted by atomic mass is 32.2. The zero-order valence-corrected chi connectivity index (χ0v) is 10.6. The van der Waals surface area contributed by atoms with Crippen molar-refractivity contribution in [1.29, 1.82) is 5.26 Å². The highest BCUT2D eigenvalue weighted by Gasteiger charge is 2.48. The van der Waals surface area contributed by atoms with Gasteiger partial charge in [0.2, 0.25) is 10.0 Å². The van der Waals surface area contributed by atoms with Crippen molar-refractivity contribution in [1.82, 2.24) is 4.72 Å². The van der Waals surface area contributed by atoms with Crippen LogP contribution in [0.5, 0.6) is 0 Å². The SMILES string of the molecule is CC1(C)CC1NS(=O)(=O)c1ccccc1C#N. The van der Waals surface area contributed by atoms with Gasteiger partial charge in [0.05, 0.1) is 10.5 Å². The molecule has 1 aliphatic carbocycles. The average molecular weight is 250 g/mol. The lowest BCUT2D eigenvalue weighted by Crippen LogP contribution is -2.29. The Morgan fingerprint density at radius 1 is 1.41 bits per heavy atom. The van der Waals surface area contributed by atoms with Crippen molar-refractivity contribution >= 4 is 10.0 Å². The van der Waals surface area contributed by atoms with E-state index >= 15 is 0 Å². The fraction of sp³-hybridized carbons (Fsp3) is 0.417. The average Bonchev–Trinajstić information content (AvgIpc) is 2.85. The van der Waals surface area contributed by atoms with Crippen LogP contribution in [-0.4, -0.2) is 14.5 Å². The zero-order chi connectivity index (χ0) is 12.7. The maximum Gasteiger partial charge on any atom is 0.242 e. The summed E-state index contributed by atoms with van der Waals surface area (Å²) in [7, 11) is -3.58. The Balaban J connectivity index is 2.30. The van der Waals surface area contributed by atoms with Crippen molar-refractivity contribution in [2.45, 2.75) is 31.2 Å². The maximum atomic E-state index is 12.1. The molecule has 0 aromatic heterocycles. The standard InChI is InChI=1S/C12H14N2O2S/c1-12(2)7-11(12)14-17(15,16)10-6-4-3-5-9(10)8-13/h3-6,11,14H,7H2,1-2H3. The molecular weight excluding hydrogens is 236 g/mol. The third kappa shape index (κ3) is 2.33. The minimum absolute atomic E-state index is 0.0225. The van der Waals surface area contributed by atoms with Gasteiger partial charge in [-0.2, -0.15) is 5.26 Å². The molecule has 2 rings (SSSR count). The van der Waals surface area contributed by atoms with Crippen LogP contribution in [0.3, 0.4) is 0 Å². The molecule has 5 heteroatoms. The number of benzene rings is 1. The van der Waals surface area contributed by atoms with Crippen LogP contribution in [-0.2, 0) is 10.0 Å². The summed E-state index contributed by atoms with van der Waals surface area (Å²) in [6.07, 6.45) is 0.834. The highest BCUT2D eigenvalue weighted by Crippen LogP contribution is 2.45. The van der Waals surface area contributed by atoms with Gasteiger partial charge >= 0.3 is 0 Å². The maximum absolute atomic E-state index is 12.1. The van der Waals surface area contributed by atoms with E-state index in [0.29, 0.717) is 0 Å². The Hall–Kier alpha value is -1.38. The lowest BCUT2D eigenvalue weighted by atomic mass is 10.2. The summed E-state index contributed by atoms with van der Waals surface area (Å²) in [6.45, 7) is 4.02. The molecule has 0 radical (unpaired) electrons. The lowest BCUT2D eigenvalue weighted by Gasteiger charge is -2.09. The van der Waals surface area contributed by atoms with E-state index in [2.05, 4.69) is 4.72 Å². The second-order valence-corrected chi connectivity index (χ2v) is 6.66. The van der Waals surface area contributed by atoms with E-state index in [1.807, 2.05) is 19.9 Å². The molecule has 1 aromatic carbocycles. The number of rotatable bonds is 3. The molecular formula is C12H14N2O2S. The topological polar surface area (TPSA) is 70.0 Å². The predicted octanol–water partition coefficient (Wildman–Crippen LogP) is 1.64. The molecule has 0 saturated heterocycles. The number of nitrogens with zero attached hydrogens (tertiary/aromatic N) is 1. The Labute approximate surface area is 101 Å². The zero-order valence-electron chi connectivity index (χ0n) is 9.77. The van der Waals surface area contributed by atoms with Gasteiger partial charge < -0.3 is 0 Å². The first kappa shape index (κ1) is 12.1. The van der Waals surface area contributed by atoms with Crippen LogP contribution < -0.4 is 4.72 Å². The smallest absolute Gasteiger partial charge is 0.207 e. The molecule has 1 N–H and O–H groups in total. The van der Waals surface area contributed by atoms with E-state index in [1.165, 1.54) is 12.1 Å². The number of hydrogen-bond acceptors (Lipinski definition) is 3. The second-order valence-electron chi connectivity index (χ2n) is 4.97. The van der Waals surface area contributed by atoms with Crippen LogP contribution >= 0.6 is 0 Å². The van der Waals surface area contributed by atoms with Crippen LogP contribution in [0.4, 0.5) is 0 Å². The Bertz CT molecular complexity index is 585. The molecule has 4 nitrogen and oxygen atoms in total. The monoisotopic (exact) mass is 250 g/mol. The minimum Gasteiger partial charge on any atom is -0.207 e. The van der Waals surface area contributed by atoms with Gasteiger partial charge in [0.15, 0.2) is 0 Å². The molecule has 90 valence electrons. The van der Waals surface area contributed by atoms with E-state index in [0.717, 1.165) is 6.42 Å². The first-order valence-corrected chi connectivity index (χ1v) is 6.86. The molecule has 0 amide bonds. The third-order valence-corrected chi connectivity index (χ3v) is 4.64. The first-order chi connectivity index (χ1) is 7.87. The third-order valence-electron chi connectivity index (χ3n) is 3.11. The molecule has 0 spiro atoms. The molecule has 1 atom stereocenters. The van der Waals surface area contributed by atoms with Gasteiger partial charge in [0.25, 0.3) is 0 Å². The predicted molar refractivity (Wildman–Crippen MR) is 63.7 cm³/mol. The van der Waals surface area contributed by atoms with Crippen LogP contribution in [0.1, 0.15) is 25.8 Å². The molecule has 0 aliphatic heterocycles. The Morgan fingerprint density at radius 2 is 2.00 bits per heavy atom. The van der Waals surface area contributed by atoms with Crippen molar-refractivity contribution in [3.63, 3.8) is 0 Å². The van der Waals surface area contributed by atoms with Crippen molar-refractivity contribution in [2.75, 3.05) is 0 Å². The summed E-state index contributed by atoms with van der Waals surface area (Å²) in [5, 5.41) is 8.89. The molecule has 1 aromatic rings. The van der Waals surface area contributed by atoms with E-state index in [-0.39, 0.29) is 21.9 Å². The summed E-state index contributed by atoms with van der Waals surface area (Å²) in [5.41, 5.74) is 0.202. The summed E-state index contributed by atoms with van der Waals surface area (Å²) in [6, 6.07) is 8.10. The molecule has 0 heterocycles. The van der Waals surface area contributed by atoms with Gasteiger partial charge in [-0.25, -0.2) is 13.1 Å². The summed E-state index contributed by atoms with van der Waals surface area (Å²) < 4.78 is 26.8. The van der Waals surface area contributed by atoms with E-state index in [4.69, 9.17) is 5.26 Å². The van der Waals surface area contributed by atoms with Crippen molar-refractivity contribution < 1.29 is 8.42 Å². The van der Waals surface area contributed by atoms with Gasteiger partial charge in [-0.05, 0) is 24.0 Å². The molecule has 17 heavy (non-hydrogen) atoms. The minimum atomic E-state index is -3.58. The van der Waals surface area contributed by atoms with Crippen LogP contribution in [0, 0.1) is 16.7 Å². The van der Waals surface area contributed by atoms with Gasteiger partial charge in [0.1, 0.15) is 6.07 Å². The van der Waals surface area contributed by atoms with Gasteiger partial charge in [-0.15, -0.1) is 0 Å². The van der Waals surface area contributed by atoms with E-state index < -0.39 is 10.0 Å². The fourth-order valence-electron chi connectivity index (χ4n) is 1.71. The second kappa shape index (κ2) is 3.83. The van der Waals surface area contributed by atoms with Gasteiger partial charge in [-0.3, -0.25) is 0 Å². The summed E-state index contributed by atoms with van der Waals surface area (Å²) in [5.74, 6) is 0. The number of sulfonamides is 1.